The Morgan fingerprint density at radius 1 is 1.50 bits per heavy atom. The van der Waals surface area contributed by atoms with Crippen LogP contribution >= 0.6 is 0 Å². The molecule has 50 valence electrons. The van der Waals surface area contributed by atoms with E-state index in [0.29, 0.717) is 6.04 Å². The topological polar surface area (TPSA) is 29.3 Å². The lowest BCUT2D eigenvalue weighted by Crippen LogP contribution is -2.26. The van der Waals surface area contributed by atoms with Gasteiger partial charge in [0.15, 0.2) is 0 Å². The maximum atomic E-state index is 5.34. The summed E-state index contributed by atoms with van der Waals surface area (Å²) in [5.74, 6) is 0. The van der Waals surface area contributed by atoms with E-state index in [9.17, 15) is 0 Å². The summed E-state index contributed by atoms with van der Waals surface area (Å²) in [7, 11) is 4.14. The van der Waals surface area contributed by atoms with Crippen molar-refractivity contribution in [3.63, 3.8) is 0 Å². The zero-order valence-corrected chi connectivity index (χ0v) is 6.02. The van der Waals surface area contributed by atoms with Crippen molar-refractivity contribution in [3.05, 3.63) is 0 Å². The number of nitrogens with zero attached hydrogens (tertiary/aromatic N) is 1. The molecule has 0 spiro atoms. The molecule has 0 aromatic carbocycles. The minimum atomic E-state index is 0.625. The summed E-state index contributed by atoms with van der Waals surface area (Å²) in [5, 5.41) is 0. The van der Waals surface area contributed by atoms with Gasteiger partial charge in [0.1, 0.15) is 0 Å². The van der Waals surface area contributed by atoms with Gasteiger partial charge in [-0.05, 0) is 34.0 Å². The molecule has 0 aliphatic carbocycles. The van der Waals surface area contributed by atoms with Gasteiger partial charge in [-0.15, -0.1) is 0 Å². The second-order valence-corrected chi connectivity index (χ2v) is 2.39. The lowest BCUT2D eigenvalue weighted by atomic mass is 10.2. The van der Waals surface area contributed by atoms with Crippen LogP contribution < -0.4 is 5.73 Å². The fourth-order valence-corrected chi connectivity index (χ4v) is 0.499. The van der Waals surface area contributed by atoms with E-state index < -0.39 is 0 Å². The molecule has 0 aliphatic heterocycles. The van der Waals surface area contributed by atoms with E-state index in [2.05, 4.69) is 25.9 Å². The van der Waals surface area contributed by atoms with E-state index in [4.69, 9.17) is 5.73 Å². The molecular formula is C6H16N2. The minimum Gasteiger partial charge on any atom is -0.330 e. The molecule has 0 amide bonds. The van der Waals surface area contributed by atoms with E-state index in [-0.39, 0.29) is 0 Å². The molecule has 8 heavy (non-hydrogen) atoms. The van der Waals surface area contributed by atoms with Crippen LogP contribution in [0.15, 0.2) is 0 Å². The molecule has 0 saturated carbocycles. The molecule has 0 rings (SSSR count). The Kier molecular flexibility index (Phi) is 3.83. The van der Waals surface area contributed by atoms with Gasteiger partial charge in [-0.1, -0.05) is 0 Å². The fraction of sp³-hybridized carbons (Fsp3) is 1.00. The van der Waals surface area contributed by atoms with Gasteiger partial charge in [0.2, 0.25) is 0 Å². The first kappa shape index (κ1) is 7.92. The van der Waals surface area contributed by atoms with E-state index in [1.165, 1.54) is 0 Å². The third-order valence-electron chi connectivity index (χ3n) is 1.47. The Morgan fingerprint density at radius 3 is 2.12 bits per heavy atom. The quantitative estimate of drug-likeness (QED) is 0.574. The molecule has 0 aliphatic rings. The number of rotatable bonds is 3. The molecular weight excluding hydrogens is 100 g/mol. The third kappa shape index (κ3) is 2.99. The van der Waals surface area contributed by atoms with E-state index in [1.54, 1.807) is 0 Å². The third-order valence-corrected chi connectivity index (χ3v) is 1.47. The van der Waals surface area contributed by atoms with E-state index in [1.807, 2.05) is 0 Å². The molecule has 1 atom stereocenters. The molecule has 2 nitrogen and oxygen atoms in total. The average Bonchev–Trinajstić information content (AvgIpc) is 1.67. The Hall–Kier alpha value is -0.0800. The van der Waals surface area contributed by atoms with Crippen LogP contribution in [0, 0.1) is 0 Å². The first-order chi connectivity index (χ1) is 3.68. The Labute approximate surface area is 51.7 Å². The largest absolute Gasteiger partial charge is 0.330 e. The van der Waals surface area contributed by atoms with Crippen LogP contribution in [0.3, 0.4) is 0 Å². The molecule has 0 fully saturated rings. The molecule has 0 saturated heterocycles. The van der Waals surface area contributed by atoms with Crippen molar-refractivity contribution in [2.24, 2.45) is 5.73 Å². The van der Waals surface area contributed by atoms with Crippen LogP contribution in [0.4, 0.5) is 0 Å². The lowest BCUT2D eigenvalue weighted by Gasteiger charge is -2.17. The van der Waals surface area contributed by atoms with Gasteiger partial charge in [-0.25, -0.2) is 0 Å². The molecule has 0 aromatic rings. The number of hydrogen-bond donors (Lipinski definition) is 1. The predicted molar refractivity (Wildman–Crippen MR) is 36.8 cm³/mol. The average molecular weight is 116 g/mol. The maximum absolute atomic E-state index is 5.34. The predicted octanol–water partition coefficient (Wildman–Crippen LogP) is 0.285. The fourth-order valence-electron chi connectivity index (χ4n) is 0.499. The Balaban J connectivity index is 3.17. The van der Waals surface area contributed by atoms with Crippen molar-refractivity contribution < 1.29 is 0 Å². The molecule has 0 unspecified atom stereocenters. The van der Waals surface area contributed by atoms with Crippen molar-refractivity contribution in [1.29, 1.82) is 0 Å². The van der Waals surface area contributed by atoms with Crippen molar-refractivity contribution in [2.75, 3.05) is 20.6 Å². The van der Waals surface area contributed by atoms with Crippen molar-refractivity contribution in [2.45, 2.75) is 19.4 Å². The Morgan fingerprint density at radius 2 is 2.00 bits per heavy atom. The summed E-state index contributed by atoms with van der Waals surface area (Å²) >= 11 is 0. The maximum Gasteiger partial charge on any atom is 0.00728 e. The second kappa shape index (κ2) is 3.87. The van der Waals surface area contributed by atoms with E-state index >= 15 is 0 Å². The minimum absolute atomic E-state index is 0.625. The smallest absolute Gasteiger partial charge is 0.00728 e. The van der Waals surface area contributed by atoms with Crippen molar-refractivity contribution in [3.8, 4) is 0 Å². The van der Waals surface area contributed by atoms with Gasteiger partial charge in [0.25, 0.3) is 0 Å². The second-order valence-electron chi connectivity index (χ2n) is 2.39. The van der Waals surface area contributed by atoms with Crippen LogP contribution in [-0.2, 0) is 0 Å². The zero-order chi connectivity index (χ0) is 6.57. The highest BCUT2D eigenvalue weighted by molar-refractivity contribution is 4.57. The number of nitrogens with two attached hydrogens (primary N) is 1. The van der Waals surface area contributed by atoms with Crippen LogP contribution in [-0.4, -0.2) is 31.6 Å². The van der Waals surface area contributed by atoms with Gasteiger partial charge >= 0.3 is 0 Å². The molecule has 0 bridgehead atoms. The highest BCUT2D eigenvalue weighted by Gasteiger charge is 2.00. The van der Waals surface area contributed by atoms with Gasteiger partial charge in [0, 0.05) is 6.04 Å². The van der Waals surface area contributed by atoms with Crippen molar-refractivity contribution in [1.82, 2.24) is 4.90 Å². The monoisotopic (exact) mass is 116 g/mol. The first-order valence-corrected chi connectivity index (χ1v) is 3.05. The molecule has 0 radical (unpaired) electrons. The lowest BCUT2D eigenvalue weighted by molar-refractivity contribution is 0.302. The summed E-state index contributed by atoms with van der Waals surface area (Å²) in [5.41, 5.74) is 5.34. The summed E-state index contributed by atoms with van der Waals surface area (Å²) in [6, 6.07) is 0.625. The summed E-state index contributed by atoms with van der Waals surface area (Å²) in [6.45, 7) is 2.96. The van der Waals surface area contributed by atoms with Crippen LogP contribution in [0.5, 0.6) is 0 Å². The zero-order valence-electron chi connectivity index (χ0n) is 6.02. The first-order valence-electron chi connectivity index (χ1n) is 3.05. The Bertz CT molecular complexity index is 52.5. The van der Waals surface area contributed by atoms with Crippen molar-refractivity contribution >= 4 is 0 Å². The highest BCUT2D eigenvalue weighted by Crippen LogP contribution is 1.93. The van der Waals surface area contributed by atoms with Gasteiger partial charge in [-0.2, -0.15) is 0 Å². The normalized spacial score (nSPS) is 14.6. The standard InChI is InChI=1S/C6H16N2/c1-6(4-5-7)8(2)3/h6H,4-5,7H2,1-3H3/t6-/m1/s1. The van der Waals surface area contributed by atoms with Gasteiger partial charge < -0.3 is 10.6 Å². The van der Waals surface area contributed by atoms with Gasteiger partial charge in [0.05, 0.1) is 0 Å². The molecule has 2 N–H and O–H groups in total. The van der Waals surface area contributed by atoms with Gasteiger partial charge in [-0.3, -0.25) is 0 Å². The number of hydrogen-bond acceptors (Lipinski definition) is 2. The summed E-state index contributed by atoms with van der Waals surface area (Å²) in [4.78, 5) is 2.17. The summed E-state index contributed by atoms with van der Waals surface area (Å²) < 4.78 is 0. The SMILES string of the molecule is C[C@H](CCN)N(C)C. The summed E-state index contributed by atoms with van der Waals surface area (Å²) in [6.07, 6.45) is 1.09. The van der Waals surface area contributed by atoms with Crippen LogP contribution in [0.1, 0.15) is 13.3 Å². The molecule has 2 heteroatoms. The molecule has 0 heterocycles. The highest BCUT2D eigenvalue weighted by atomic mass is 15.1. The van der Waals surface area contributed by atoms with Crippen LogP contribution in [0.2, 0.25) is 0 Å². The van der Waals surface area contributed by atoms with Crippen LogP contribution in [0.25, 0.3) is 0 Å². The van der Waals surface area contributed by atoms with E-state index in [0.717, 1.165) is 13.0 Å². The molecule has 0 aromatic heterocycles.